The highest BCUT2D eigenvalue weighted by molar-refractivity contribution is 6.29. The molecule has 0 saturated heterocycles. The summed E-state index contributed by atoms with van der Waals surface area (Å²) in [6.45, 7) is 0. The molecule has 2 heterocycles. The van der Waals surface area contributed by atoms with E-state index in [1.54, 1.807) is 4.57 Å². The monoisotopic (exact) mass is 277 g/mol. The highest BCUT2D eigenvalue weighted by Gasteiger charge is 2.41. The number of imidazole rings is 1. The normalized spacial score (nSPS) is 29.5. The molecule has 2 aliphatic rings. The number of anilines is 1. The number of hydrogen-bond acceptors (Lipinski definition) is 4. The minimum atomic E-state index is 0.404. The summed E-state index contributed by atoms with van der Waals surface area (Å²) in [5, 5.41) is 0.404. The first kappa shape index (κ1) is 11.5. The second kappa shape index (κ2) is 3.82. The van der Waals surface area contributed by atoms with Gasteiger partial charge in [-0.2, -0.15) is 0 Å². The van der Waals surface area contributed by atoms with E-state index in [4.69, 9.17) is 17.3 Å². The van der Waals surface area contributed by atoms with Crippen LogP contribution in [0.1, 0.15) is 37.4 Å². The van der Waals surface area contributed by atoms with E-state index in [0.717, 1.165) is 23.3 Å². The fourth-order valence-electron chi connectivity index (χ4n) is 3.80. The van der Waals surface area contributed by atoms with Gasteiger partial charge in [0.15, 0.2) is 17.0 Å². The van der Waals surface area contributed by atoms with Crippen molar-refractivity contribution in [1.29, 1.82) is 0 Å². The summed E-state index contributed by atoms with van der Waals surface area (Å²) in [5.74, 6) is 3.41. The van der Waals surface area contributed by atoms with Crippen LogP contribution in [0, 0.1) is 11.8 Å². The molecule has 2 aromatic rings. The van der Waals surface area contributed by atoms with Crippen molar-refractivity contribution in [3.05, 3.63) is 11.1 Å². The van der Waals surface area contributed by atoms with E-state index in [0.29, 0.717) is 22.5 Å². The number of aromatic nitrogens is 4. The summed E-state index contributed by atoms with van der Waals surface area (Å²) in [5.41, 5.74) is 7.38. The molecule has 5 nitrogen and oxygen atoms in total. The number of rotatable bonds is 1. The Bertz CT molecular complexity index is 665. The van der Waals surface area contributed by atoms with Crippen molar-refractivity contribution >= 4 is 28.6 Å². The molecule has 2 N–H and O–H groups in total. The van der Waals surface area contributed by atoms with Crippen LogP contribution in [0.3, 0.4) is 0 Å². The van der Waals surface area contributed by atoms with Crippen LogP contribution in [0.25, 0.3) is 11.2 Å². The van der Waals surface area contributed by atoms with Crippen molar-refractivity contribution in [3.63, 3.8) is 0 Å². The number of hydrogen-bond donors (Lipinski definition) is 1. The molecule has 2 bridgehead atoms. The Morgan fingerprint density at radius 3 is 2.74 bits per heavy atom. The Balaban J connectivity index is 1.85. The molecule has 4 rings (SSSR count). The minimum Gasteiger partial charge on any atom is -0.382 e. The van der Waals surface area contributed by atoms with Crippen molar-refractivity contribution in [2.24, 2.45) is 18.9 Å². The Kier molecular flexibility index (Phi) is 2.31. The lowest BCUT2D eigenvalue weighted by molar-refractivity contribution is 0.406. The van der Waals surface area contributed by atoms with Crippen molar-refractivity contribution < 1.29 is 0 Å². The van der Waals surface area contributed by atoms with E-state index in [1.165, 1.54) is 25.7 Å². The zero-order valence-electron chi connectivity index (χ0n) is 10.8. The van der Waals surface area contributed by atoms with Crippen LogP contribution in [0.15, 0.2) is 0 Å². The van der Waals surface area contributed by atoms with Gasteiger partial charge in [-0.05, 0) is 42.7 Å². The predicted octanol–water partition coefficient (Wildman–Crippen LogP) is 2.50. The largest absolute Gasteiger partial charge is 0.382 e. The van der Waals surface area contributed by atoms with Gasteiger partial charge in [0.1, 0.15) is 5.82 Å². The molecule has 2 fully saturated rings. The van der Waals surface area contributed by atoms with Gasteiger partial charge in [-0.1, -0.05) is 6.42 Å². The van der Waals surface area contributed by atoms with Gasteiger partial charge in [0.05, 0.1) is 0 Å². The first-order valence-electron chi connectivity index (χ1n) is 6.79. The van der Waals surface area contributed by atoms with Crippen molar-refractivity contribution in [1.82, 2.24) is 19.5 Å². The number of nitrogen functional groups attached to an aromatic ring is 1. The maximum atomic E-state index is 6.03. The second-order valence-corrected chi connectivity index (χ2v) is 6.20. The molecule has 6 heteroatoms. The van der Waals surface area contributed by atoms with Gasteiger partial charge in [0.25, 0.3) is 0 Å². The summed E-state index contributed by atoms with van der Waals surface area (Å²) in [4.78, 5) is 13.4. The molecule has 0 aliphatic heterocycles. The first-order chi connectivity index (χ1) is 9.13. The molecule has 0 amide bonds. The van der Waals surface area contributed by atoms with E-state index < -0.39 is 0 Å². The lowest BCUT2D eigenvalue weighted by atomic mass is 9.88. The van der Waals surface area contributed by atoms with Gasteiger partial charge in [0, 0.05) is 13.0 Å². The standard InChI is InChI=1S/C13H16ClN5/c1-19-12-9(16-13(19)14)10(15)17-11(18-12)8-5-6-2-3-7(8)4-6/h6-8H,2-5H2,1H3,(H2,15,17,18)/t6-,7+,8-/m1/s1. The van der Waals surface area contributed by atoms with Gasteiger partial charge < -0.3 is 10.3 Å². The van der Waals surface area contributed by atoms with Gasteiger partial charge in [-0.25, -0.2) is 15.0 Å². The topological polar surface area (TPSA) is 69.6 Å². The van der Waals surface area contributed by atoms with Crippen LogP contribution in [0.2, 0.25) is 5.28 Å². The van der Waals surface area contributed by atoms with Crippen molar-refractivity contribution in [2.75, 3.05) is 5.73 Å². The Labute approximate surface area is 116 Å². The average molecular weight is 278 g/mol. The van der Waals surface area contributed by atoms with Crippen molar-refractivity contribution in [3.8, 4) is 0 Å². The third-order valence-electron chi connectivity index (χ3n) is 4.78. The highest BCUT2D eigenvalue weighted by Crippen LogP contribution is 2.52. The maximum Gasteiger partial charge on any atom is 0.204 e. The summed E-state index contributed by atoms with van der Waals surface area (Å²) < 4.78 is 1.77. The molecular formula is C13H16ClN5. The summed E-state index contributed by atoms with van der Waals surface area (Å²) in [6.07, 6.45) is 5.22. The van der Waals surface area contributed by atoms with E-state index in [-0.39, 0.29) is 0 Å². The third kappa shape index (κ3) is 1.57. The smallest absolute Gasteiger partial charge is 0.204 e. The molecular weight excluding hydrogens is 262 g/mol. The van der Waals surface area contributed by atoms with Crippen LogP contribution in [-0.2, 0) is 7.05 Å². The quantitative estimate of drug-likeness (QED) is 0.813. The molecule has 2 aliphatic carbocycles. The molecule has 100 valence electrons. The lowest BCUT2D eigenvalue weighted by Gasteiger charge is -2.20. The summed E-state index contributed by atoms with van der Waals surface area (Å²) in [7, 11) is 1.86. The maximum absolute atomic E-state index is 6.03. The molecule has 0 spiro atoms. The Hall–Kier alpha value is -1.36. The van der Waals surface area contributed by atoms with Crippen LogP contribution in [0.4, 0.5) is 5.82 Å². The second-order valence-electron chi connectivity index (χ2n) is 5.86. The van der Waals surface area contributed by atoms with Crippen LogP contribution in [-0.4, -0.2) is 19.5 Å². The van der Waals surface area contributed by atoms with E-state index >= 15 is 0 Å². The molecule has 19 heavy (non-hydrogen) atoms. The highest BCUT2D eigenvalue weighted by atomic mass is 35.5. The van der Waals surface area contributed by atoms with Crippen LogP contribution < -0.4 is 5.73 Å². The molecule has 0 aromatic carbocycles. The van der Waals surface area contributed by atoms with Gasteiger partial charge >= 0.3 is 0 Å². The number of halogens is 1. The van der Waals surface area contributed by atoms with Crippen LogP contribution >= 0.6 is 11.6 Å². The summed E-state index contributed by atoms with van der Waals surface area (Å²) in [6, 6.07) is 0. The summed E-state index contributed by atoms with van der Waals surface area (Å²) >= 11 is 6.03. The van der Waals surface area contributed by atoms with E-state index in [9.17, 15) is 0 Å². The minimum absolute atomic E-state index is 0.404. The fourth-order valence-corrected chi connectivity index (χ4v) is 3.96. The number of nitrogens with two attached hydrogens (primary N) is 1. The molecule has 0 unspecified atom stereocenters. The molecule has 3 atom stereocenters. The van der Waals surface area contributed by atoms with Gasteiger partial charge in [-0.15, -0.1) is 0 Å². The van der Waals surface area contributed by atoms with E-state index in [1.807, 2.05) is 7.05 Å². The zero-order valence-corrected chi connectivity index (χ0v) is 11.6. The molecule has 0 radical (unpaired) electrons. The Morgan fingerprint density at radius 1 is 1.21 bits per heavy atom. The molecule has 2 aromatic heterocycles. The zero-order chi connectivity index (χ0) is 13.1. The molecule has 2 saturated carbocycles. The average Bonchev–Trinajstić information content (AvgIpc) is 3.07. The third-order valence-corrected chi connectivity index (χ3v) is 5.12. The first-order valence-corrected chi connectivity index (χ1v) is 7.16. The number of fused-ring (bicyclic) bond motifs is 3. The van der Waals surface area contributed by atoms with Gasteiger partial charge in [-0.3, -0.25) is 0 Å². The van der Waals surface area contributed by atoms with Crippen LogP contribution in [0.5, 0.6) is 0 Å². The number of aryl methyl sites for hydroxylation is 1. The fraction of sp³-hybridized carbons (Fsp3) is 0.615. The van der Waals surface area contributed by atoms with E-state index in [2.05, 4.69) is 15.0 Å². The lowest BCUT2D eigenvalue weighted by Crippen LogP contribution is -2.13. The number of nitrogens with zero attached hydrogens (tertiary/aromatic N) is 4. The van der Waals surface area contributed by atoms with Crippen molar-refractivity contribution in [2.45, 2.75) is 31.6 Å². The SMILES string of the molecule is Cn1c(Cl)nc2c(N)nc([C@@H]3C[C@@H]4CC[C@H]3C4)nc21. The Morgan fingerprint density at radius 2 is 2.05 bits per heavy atom. The van der Waals surface area contributed by atoms with Gasteiger partial charge in [0.2, 0.25) is 5.28 Å². The predicted molar refractivity (Wildman–Crippen MR) is 73.9 cm³/mol.